The van der Waals surface area contributed by atoms with Crippen molar-refractivity contribution in [2.24, 2.45) is 0 Å². The smallest absolute Gasteiger partial charge is 0.239 e. The molecule has 4 N–H and O–H groups in total. The normalized spacial score (nSPS) is 11.1. The Morgan fingerprint density at radius 2 is 2.10 bits per heavy atom. The minimum atomic E-state index is -3.29. The average molecular weight is 301 g/mol. The Morgan fingerprint density at radius 3 is 2.65 bits per heavy atom. The first-order valence-electron chi connectivity index (χ1n) is 5.93. The van der Waals surface area contributed by atoms with Gasteiger partial charge in [-0.15, -0.1) is 0 Å². The second kappa shape index (κ2) is 7.11. The summed E-state index contributed by atoms with van der Waals surface area (Å²) in [6.07, 6.45) is 1.11. The highest BCUT2D eigenvalue weighted by molar-refractivity contribution is 7.90. The molecule has 0 fully saturated rings. The monoisotopic (exact) mass is 301 g/mol. The van der Waals surface area contributed by atoms with Crippen LogP contribution in [0.3, 0.4) is 0 Å². The molecule has 0 atom stereocenters. The lowest BCUT2D eigenvalue weighted by atomic mass is 10.2. The second-order valence-corrected chi connectivity index (χ2v) is 6.23. The van der Waals surface area contributed by atoms with Gasteiger partial charge in [-0.2, -0.15) is 0 Å². The maximum absolute atomic E-state index is 11.5. The summed E-state index contributed by atoms with van der Waals surface area (Å²) in [5, 5.41) is 5.49. The van der Waals surface area contributed by atoms with Crippen LogP contribution in [0.4, 0.5) is 11.4 Å². The third-order valence-electron chi connectivity index (χ3n) is 2.52. The van der Waals surface area contributed by atoms with Crippen molar-refractivity contribution in [3.8, 4) is 0 Å². The third kappa shape index (κ3) is 5.06. The van der Waals surface area contributed by atoms with Gasteiger partial charge >= 0.3 is 0 Å². The van der Waals surface area contributed by atoms with E-state index in [-0.39, 0.29) is 23.0 Å². The second-order valence-electron chi connectivity index (χ2n) is 4.22. The quantitative estimate of drug-likeness (QED) is 0.477. The number of carbonyl (C=O) groups excluding carboxylic acids is 1. The van der Waals surface area contributed by atoms with Gasteiger partial charge in [0.15, 0.2) is 9.84 Å². The number of hydrogen-bond acceptors (Lipinski definition) is 6. The maximum atomic E-state index is 11.5. The van der Waals surface area contributed by atoms with E-state index in [1.165, 1.54) is 18.2 Å². The maximum Gasteiger partial charge on any atom is 0.239 e. The van der Waals surface area contributed by atoms with Crippen LogP contribution in [0.15, 0.2) is 23.1 Å². The van der Waals surface area contributed by atoms with E-state index in [9.17, 15) is 13.2 Å². The molecule has 0 aliphatic rings. The van der Waals surface area contributed by atoms with Crippen molar-refractivity contribution in [1.29, 1.82) is 0 Å². The Kier molecular flexibility index (Phi) is 5.78. The molecule has 0 bridgehead atoms. The molecule has 0 saturated heterocycles. The molecule has 0 radical (unpaired) electrons. The SMILES string of the molecule is COCCNC(=O)CNc1ccc(S(C)(=O)=O)cc1N. The molecule has 0 aliphatic heterocycles. The molecule has 0 aliphatic carbocycles. The lowest BCUT2D eigenvalue weighted by Gasteiger charge is -2.10. The van der Waals surface area contributed by atoms with Gasteiger partial charge in [-0.05, 0) is 18.2 Å². The van der Waals surface area contributed by atoms with E-state index < -0.39 is 9.84 Å². The van der Waals surface area contributed by atoms with Gasteiger partial charge in [0.05, 0.1) is 29.4 Å². The lowest BCUT2D eigenvalue weighted by Crippen LogP contribution is -2.32. The van der Waals surface area contributed by atoms with E-state index in [0.29, 0.717) is 18.8 Å². The zero-order valence-electron chi connectivity index (χ0n) is 11.5. The van der Waals surface area contributed by atoms with Crippen molar-refractivity contribution < 1.29 is 17.9 Å². The number of methoxy groups -OCH3 is 1. The number of amides is 1. The fourth-order valence-corrected chi connectivity index (χ4v) is 2.12. The number of anilines is 2. The number of benzene rings is 1. The van der Waals surface area contributed by atoms with Gasteiger partial charge in [-0.25, -0.2) is 8.42 Å². The first kappa shape index (κ1) is 16.3. The number of nitrogens with one attached hydrogen (secondary N) is 2. The fourth-order valence-electron chi connectivity index (χ4n) is 1.46. The van der Waals surface area contributed by atoms with E-state index in [2.05, 4.69) is 10.6 Å². The average Bonchev–Trinajstić information content (AvgIpc) is 2.36. The molecule has 0 saturated carbocycles. The Hall–Kier alpha value is -1.80. The van der Waals surface area contributed by atoms with Crippen molar-refractivity contribution in [3.63, 3.8) is 0 Å². The van der Waals surface area contributed by atoms with Crippen LogP contribution < -0.4 is 16.4 Å². The van der Waals surface area contributed by atoms with Crippen molar-refractivity contribution in [2.45, 2.75) is 4.90 Å². The first-order chi connectivity index (χ1) is 9.34. The molecular weight excluding hydrogens is 282 g/mol. The van der Waals surface area contributed by atoms with Gasteiger partial charge in [0.1, 0.15) is 0 Å². The number of nitrogens with two attached hydrogens (primary N) is 1. The Morgan fingerprint density at radius 1 is 1.40 bits per heavy atom. The molecule has 1 aromatic carbocycles. The molecule has 8 heteroatoms. The van der Waals surface area contributed by atoms with Crippen LogP contribution in [0, 0.1) is 0 Å². The molecule has 1 amide bonds. The molecule has 0 unspecified atom stereocenters. The summed E-state index contributed by atoms with van der Waals surface area (Å²) in [7, 11) is -1.74. The predicted molar refractivity (Wildman–Crippen MR) is 77.3 cm³/mol. The van der Waals surface area contributed by atoms with Crippen molar-refractivity contribution in [1.82, 2.24) is 5.32 Å². The minimum absolute atomic E-state index is 0.0478. The van der Waals surface area contributed by atoms with Crippen LogP contribution in [0.2, 0.25) is 0 Å². The van der Waals surface area contributed by atoms with Crippen LogP contribution in [0.5, 0.6) is 0 Å². The van der Waals surface area contributed by atoms with Crippen molar-refractivity contribution in [3.05, 3.63) is 18.2 Å². The summed E-state index contributed by atoms with van der Waals surface area (Å²) in [5.41, 5.74) is 6.54. The molecule has 7 nitrogen and oxygen atoms in total. The van der Waals surface area contributed by atoms with Gasteiger partial charge < -0.3 is 21.1 Å². The summed E-state index contributed by atoms with van der Waals surface area (Å²) in [6, 6.07) is 4.34. The first-order valence-corrected chi connectivity index (χ1v) is 7.83. The van der Waals surface area contributed by atoms with Gasteiger partial charge in [0.25, 0.3) is 0 Å². The minimum Gasteiger partial charge on any atom is -0.397 e. The van der Waals surface area contributed by atoms with E-state index >= 15 is 0 Å². The summed E-state index contributed by atoms with van der Waals surface area (Å²) in [5.74, 6) is -0.200. The predicted octanol–water partition coefficient (Wildman–Crippen LogP) is -0.153. The molecule has 1 rings (SSSR count). The summed E-state index contributed by atoms with van der Waals surface area (Å²) < 4.78 is 27.5. The van der Waals surface area contributed by atoms with E-state index in [4.69, 9.17) is 10.5 Å². The molecule has 0 aromatic heterocycles. The molecule has 0 heterocycles. The van der Waals surface area contributed by atoms with Crippen molar-refractivity contribution >= 4 is 27.1 Å². The highest BCUT2D eigenvalue weighted by Crippen LogP contribution is 2.22. The third-order valence-corrected chi connectivity index (χ3v) is 3.63. The van der Waals surface area contributed by atoms with Crippen LogP contribution >= 0.6 is 0 Å². The Balaban J connectivity index is 2.59. The molecule has 0 spiro atoms. The summed E-state index contributed by atoms with van der Waals surface area (Å²) in [6.45, 7) is 0.919. The zero-order chi connectivity index (χ0) is 15.2. The largest absolute Gasteiger partial charge is 0.397 e. The number of rotatable bonds is 7. The van der Waals surface area contributed by atoms with Gasteiger partial charge in [0, 0.05) is 19.9 Å². The lowest BCUT2D eigenvalue weighted by molar-refractivity contribution is -0.119. The molecule has 20 heavy (non-hydrogen) atoms. The van der Waals surface area contributed by atoms with Gasteiger partial charge in [0.2, 0.25) is 5.91 Å². The standard InChI is InChI=1S/C12H19N3O4S/c1-19-6-5-14-12(16)8-15-11-4-3-9(7-10(11)13)20(2,17)18/h3-4,7,15H,5-6,8,13H2,1-2H3,(H,14,16). The Bertz CT molecular complexity index is 572. The zero-order valence-corrected chi connectivity index (χ0v) is 12.3. The van der Waals surface area contributed by atoms with Crippen LogP contribution in [0.25, 0.3) is 0 Å². The van der Waals surface area contributed by atoms with Crippen LogP contribution in [-0.2, 0) is 19.4 Å². The number of hydrogen-bond donors (Lipinski definition) is 3. The van der Waals surface area contributed by atoms with Gasteiger partial charge in [-0.1, -0.05) is 0 Å². The van der Waals surface area contributed by atoms with Crippen LogP contribution in [0.1, 0.15) is 0 Å². The van der Waals surface area contributed by atoms with E-state index in [0.717, 1.165) is 6.26 Å². The van der Waals surface area contributed by atoms with Crippen LogP contribution in [-0.4, -0.2) is 47.4 Å². The number of sulfone groups is 1. The molecule has 112 valence electrons. The summed E-state index contributed by atoms with van der Waals surface area (Å²) >= 11 is 0. The van der Waals surface area contributed by atoms with E-state index in [1.807, 2.05) is 0 Å². The highest BCUT2D eigenvalue weighted by atomic mass is 32.2. The molecule has 1 aromatic rings. The number of nitrogen functional groups attached to an aromatic ring is 1. The number of ether oxygens (including phenoxy) is 1. The summed E-state index contributed by atoms with van der Waals surface area (Å²) in [4.78, 5) is 11.6. The van der Waals surface area contributed by atoms with E-state index in [1.54, 1.807) is 7.11 Å². The number of carbonyl (C=O) groups is 1. The Labute approximate surface area is 118 Å². The van der Waals surface area contributed by atoms with Gasteiger partial charge in [-0.3, -0.25) is 4.79 Å². The highest BCUT2D eigenvalue weighted by Gasteiger charge is 2.10. The molecular formula is C12H19N3O4S. The fraction of sp³-hybridized carbons (Fsp3) is 0.417. The van der Waals surface area contributed by atoms with Crippen molar-refractivity contribution in [2.75, 3.05) is 44.1 Å². The topological polar surface area (TPSA) is 111 Å².